The number of rotatable bonds is 8. The van der Waals surface area contributed by atoms with E-state index < -0.39 is 10.1 Å². The molecule has 0 heterocycles. The summed E-state index contributed by atoms with van der Waals surface area (Å²) in [4.78, 5) is 2.09. The van der Waals surface area contributed by atoms with Gasteiger partial charge in [0.2, 0.25) is 0 Å². The summed E-state index contributed by atoms with van der Waals surface area (Å²) in [5, 5.41) is 0. The average Bonchev–Trinajstić information content (AvgIpc) is 2.60. The Labute approximate surface area is 150 Å². The van der Waals surface area contributed by atoms with Crippen LogP contribution in [0.4, 0.5) is 0 Å². The summed E-state index contributed by atoms with van der Waals surface area (Å²) in [5.41, 5.74) is 2.10. The number of benzene rings is 2. The Morgan fingerprint density at radius 2 is 1.76 bits per heavy atom. The van der Waals surface area contributed by atoms with E-state index in [-0.39, 0.29) is 17.5 Å². The van der Waals surface area contributed by atoms with Gasteiger partial charge in [0, 0.05) is 6.04 Å². The van der Waals surface area contributed by atoms with E-state index in [9.17, 15) is 8.42 Å². The molecule has 0 bridgehead atoms. The minimum Gasteiger partial charge on any atom is -0.290 e. The van der Waals surface area contributed by atoms with Crippen molar-refractivity contribution in [2.45, 2.75) is 24.3 Å². The van der Waals surface area contributed by atoms with Crippen LogP contribution in [0.5, 0.6) is 0 Å². The summed E-state index contributed by atoms with van der Waals surface area (Å²) in [5.74, 6) is 2.59. The lowest BCUT2D eigenvalue weighted by atomic mass is 10.1. The first-order valence-corrected chi connectivity index (χ1v) is 9.47. The third-order valence-corrected chi connectivity index (χ3v) is 5.30. The largest absolute Gasteiger partial charge is 0.297 e. The maximum atomic E-state index is 12.4. The van der Waals surface area contributed by atoms with Crippen LogP contribution in [0.25, 0.3) is 0 Å². The summed E-state index contributed by atoms with van der Waals surface area (Å²) in [6, 6.07) is 16.3. The molecule has 0 unspecified atom stereocenters. The number of hydrogen-bond acceptors (Lipinski definition) is 4. The van der Waals surface area contributed by atoms with Crippen LogP contribution in [0.15, 0.2) is 59.5 Å². The monoisotopic (exact) mass is 357 g/mol. The Morgan fingerprint density at radius 1 is 1.12 bits per heavy atom. The minimum absolute atomic E-state index is 0.0449. The second-order valence-electron chi connectivity index (χ2n) is 6.01. The van der Waals surface area contributed by atoms with Crippen molar-refractivity contribution in [3.05, 3.63) is 65.7 Å². The molecule has 25 heavy (non-hydrogen) atoms. The molecular weight excluding hydrogens is 334 g/mol. The lowest BCUT2D eigenvalue weighted by molar-refractivity contribution is 0.177. The van der Waals surface area contributed by atoms with Gasteiger partial charge in [0.1, 0.15) is 0 Å². The molecule has 2 rings (SSSR count). The molecule has 2 aromatic rings. The highest BCUT2D eigenvalue weighted by Gasteiger charge is 2.21. The molecule has 5 heteroatoms. The molecule has 0 amide bonds. The van der Waals surface area contributed by atoms with Crippen LogP contribution < -0.4 is 0 Å². The van der Waals surface area contributed by atoms with Crippen molar-refractivity contribution < 1.29 is 12.6 Å². The highest BCUT2D eigenvalue weighted by molar-refractivity contribution is 7.86. The summed E-state index contributed by atoms with van der Waals surface area (Å²) in [6.07, 6.45) is 6.05. The van der Waals surface area contributed by atoms with E-state index in [1.807, 2.05) is 49.2 Å². The Hall–Kier alpha value is -2.13. The molecule has 0 aliphatic rings. The molecule has 0 radical (unpaired) electrons. The Balaban J connectivity index is 2.10. The van der Waals surface area contributed by atoms with Crippen molar-refractivity contribution >= 4 is 10.1 Å². The highest BCUT2D eigenvalue weighted by atomic mass is 32.2. The normalized spacial score (nSPS) is 12.7. The molecule has 132 valence electrons. The second-order valence-corrected chi connectivity index (χ2v) is 7.63. The van der Waals surface area contributed by atoms with Gasteiger partial charge in [0.05, 0.1) is 18.0 Å². The predicted octanol–water partition coefficient (Wildman–Crippen LogP) is 2.88. The molecule has 0 aliphatic carbocycles. The van der Waals surface area contributed by atoms with Gasteiger partial charge in [0.25, 0.3) is 10.1 Å². The molecular formula is C20H23NO3S. The molecule has 0 aliphatic heterocycles. The van der Waals surface area contributed by atoms with Crippen molar-refractivity contribution in [2.75, 3.05) is 20.2 Å². The maximum absolute atomic E-state index is 12.4. The SMILES string of the molecule is C#CCN(C)[C@@H](COS(=O)(=O)c1ccc(C)cc1)Cc1ccccc1. The lowest BCUT2D eigenvalue weighted by Crippen LogP contribution is -2.38. The van der Waals surface area contributed by atoms with E-state index in [1.54, 1.807) is 24.3 Å². The summed E-state index contributed by atoms with van der Waals surface area (Å²) in [6.45, 7) is 2.37. The van der Waals surface area contributed by atoms with Gasteiger partial charge in [-0.05, 0) is 38.1 Å². The molecule has 0 saturated carbocycles. The second kappa shape index (κ2) is 8.82. The molecule has 0 aromatic heterocycles. The topological polar surface area (TPSA) is 46.6 Å². The fourth-order valence-corrected chi connectivity index (χ4v) is 3.38. The van der Waals surface area contributed by atoms with E-state index in [1.165, 1.54) is 0 Å². The van der Waals surface area contributed by atoms with Crippen LogP contribution in [-0.4, -0.2) is 39.6 Å². The number of nitrogens with zero attached hydrogens (tertiary/aromatic N) is 1. The van der Waals surface area contributed by atoms with Gasteiger partial charge in [-0.1, -0.05) is 53.9 Å². The summed E-state index contributed by atoms with van der Waals surface area (Å²) in [7, 11) is -1.92. The van der Waals surface area contributed by atoms with E-state index >= 15 is 0 Å². The minimum atomic E-state index is -3.79. The van der Waals surface area contributed by atoms with Gasteiger partial charge >= 0.3 is 0 Å². The average molecular weight is 357 g/mol. The first-order chi connectivity index (χ1) is 11.9. The zero-order chi connectivity index (χ0) is 18.3. The van der Waals surface area contributed by atoms with E-state index in [4.69, 9.17) is 10.6 Å². The molecule has 0 N–H and O–H groups in total. The number of aryl methyl sites for hydroxylation is 1. The molecule has 1 atom stereocenters. The number of hydrogen-bond donors (Lipinski definition) is 0. The standard InChI is InChI=1S/C20H23NO3S/c1-4-14-21(3)19(15-18-8-6-5-7-9-18)16-24-25(22,23)20-12-10-17(2)11-13-20/h1,5-13,19H,14-16H2,2-3H3/t19-/m1/s1. The molecule has 0 fully saturated rings. The van der Waals surface area contributed by atoms with Gasteiger partial charge in [0.15, 0.2) is 0 Å². The first kappa shape index (κ1) is 19.2. The van der Waals surface area contributed by atoms with Crippen molar-refractivity contribution in [1.82, 2.24) is 4.90 Å². The third kappa shape index (κ3) is 5.71. The highest BCUT2D eigenvalue weighted by Crippen LogP contribution is 2.15. The van der Waals surface area contributed by atoms with Crippen LogP contribution in [-0.2, 0) is 20.7 Å². The fourth-order valence-electron chi connectivity index (χ4n) is 2.44. The van der Waals surface area contributed by atoms with E-state index in [0.717, 1.165) is 11.1 Å². The van der Waals surface area contributed by atoms with Crippen molar-refractivity contribution in [2.24, 2.45) is 0 Å². The van der Waals surface area contributed by atoms with Crippen LogP contribution in [0, 0.1) is 19.3 Å². The van der Waals surface area contributed by atoms with Gasteiger partial charge < -0.3 is 0 Å². The molecule has 4 nitrogen and oxygen atoms in total. The van der Waals surface area contributed by atoms with Crippen molar-refractivity contribution in [1.29, 1.82) is 0 Å². The Morgan fingerprint density at radius 3 is 2.36 bits per heavy atom. The van der Waals surface area contributed by atoms with Crippen LogP contribution >= 0.6 is 0 Å². The maximum Gasteiger partial charge on any atom is 0.297 e. The van der Waals surface area contributed by atoms with Gasteiger partial charge in [-0.25, -0.2) is 0 Å². The Bertz CT molecular complexity index is 808. The van der Waals surface area contributed by atoms with Crippen molar-refractivity contribution in [3.63, 3.8) is 0 Å². The first-order valence-electron chi connectivity index (χ1n) is 8.06. The molecule has 0 saturated heterocycles. The van der Waals surface area contributed by atoms with E-state index in [2.05, 4.69) is 5.92 Å². The van der Waals surface area contributed by atoms with Gasteiger partial charge in [-0.2, -0.15) is 8.42 Å². The zero-order valence-corrected chi connectivity index (χ0v) is 15.4. The fraction of sp³-hybridized carbons (Fsp3) is 0.300. The van der Waals surface area contributed by atoms with E-state index in [0.29, 0.717) is 13.0 Å². The Kier molecular flexibility index (Phi) is 6.77. The molecule has 2 aromatic carbocycles. The molecule has 0 spiro atoms. The third-order valence-electron chi connectivity index (χ3n) is 4.00. The van der Waals surface area contributed by atoms with Gasteiger partial charge in [-0.3, -0.25) is 9.08 Å². The smallest absolute Gasteiger partial charge is 0.290 e. The van der Waals surface area contributed by atoms with Crippen LogP contribution in [0.1, 0.15) is 11.1 Å². The van der Waals surface area contributed by atoms with Crippen LogP contribution in [0.2, 0.25) is 0 Å². The number of terminal acetylenes is 1. The lowest BCUT2D eigenvalue weighted by Gasteiger charge is -2.26. The van der Waals surface area contributed by atoms with Crippen LogP contribution in [0.3, 0.4) is 0 Å². The predicted molar refractivity (Wildman–Crippen MR) is 99.7 cm³/mol. The summed E-state index contributed by atoms with van der Waals surface area (Å²) >= 11 is 0. The quantitative estimate of drug-likeness (QED) is 0.538. The summed E-state index contributed by atoms with van der Waals surface area (Å²) < 4.78 is 30.1. The van der Waals surface area contributed by atoms with Gasteiger partial charge in [-0.15, -0.1) is 6.42 Å². The number of likely N-dealkylation sites (N-methyl/N-ethyl adjacent to an activating group) is 1. The van der Waals surface area contributed by atoms with Crippen molar-refractivity contribution in [3.8, 4) is 12.3 Å². The zero-order valence-electron chi connectivity index (χ0n) is 14.6.